The second-order valence-corrected chi connectivity index (χ2v) is 6.18. The number of carbonyl (C=O) groups excluding carboxylic acids is 1. The molecule has 8 heteroatoms. The van der Waals surface area contributed by atoms with E-state index in [2.05, 4.69) is 20.6 Å². The Morgan fingerprint density at radius 1 is 1.18 bits per heavy atom. The third kappa shape index (κ3) is 3.96. The number of hydrogen-bond acceptors (Lipinski definition) is 6. The minimum absolute atomic E-state index is 0.203. The largest absolute Gasteiger partial charge is 0.493 e. The summed E-state index contributed by atoms with van der Waals surface area (Å²) >= 11 is 0. The molecule has 3 aromatic rings. The Morgan fingerprint density at radius 2 is 1.89 bits per heavy atom. The molecule has 0 saturated carbocycles. The van der Waals surface area contributed by atoms with Gasteiger partial charge in [-0.2, -0.15) is 0 Å². The van der Waals surface area contributed by atoms with E-state index in [1.165, 1.54) is 0 Å². The number of urea groups is 1. The van der Waals surface area contributed by atoms with E-state index >= 15 is 0 Å². The lowest BCUT2D eigenvalue weighted by molar-refractivity contribution is 0.249. The summed E-state index contributed by atoms with van der Waals surface area (Å²) < 4.78 is 10.8. The summed E-state index contributed by atoms with van der Waals surface area (Å²) in [4.78, 5) is 21.0. The van der Waals surface area contributed by atoms with Gasteiger partial charge in [-0.05, 0) is 30.7 Å². The number of amides is 2. The number of benzene rings is 1. The standard InChI is InChI=1S/C20H23N5O3/c1-12(13-5-4-6-22-10-13)24-20(26)25-17-11-23-16(9-21)14-7-18(27-2)19(28-3)8-15(14)17/h4-8,10-12H,9,21H2,1-3H3,(H2,24,25,26). The third-order valence-electron chi connectivity index (χ3n) is 4.45. The maximum Gasteiger partial charge on any atom is 0.319 e. The quantitative estimate of drug-likeness (QED) is 0.605. The van der Waals surface area contributed by atoms with E-state index in [-0.39, 0.29) is 18.6 Å². The Morgan fingerprint density at radius 3 is 2.50 bits per heavy atom. The van der Waals surface area contributed by atoms with Gasteiger partial charge in [-0.25, -0.2) is 4.79 Å². The Labute approximate surface area is 163 Å². The number of nitrogens with one attached hydrogen (secondary N) is 2. The van der Waals surface area contributed by atoms with Gasteiger partial charge in [-0.15, -0.1) is 0 Å². The predicted molar refractivity (Wildman–Crippen MR) is 108 cm³/mol. The fraction of sp³-hybridized carbons (Fsp3) is 0.250. The Hall–Kier alpha value is -3.39. The maximum absolute atomic E-state index is 12.5. The summed E-state index contributed by atoms with van der Waals surface area (Å²) in [6, 6.07) is 6.79. The molecule has 0 aliphatic carbocycles. The van der Waals surface area contributed by atoms with E-state index in [9.17, 15) is 4.79 Å². The van der Waals surface area contributed by atoms with E-state index in [1.807, 2.05) is 25.1 Å². The molecule has 0 aliphatic heterocycles. The fourth-order valence-corrected chi connectivity index (χ4v) is 2.95. The number of aromatic nitrogens is 2. The van der Waals surface area contributed by atoms with Crippen LogP contribution < -0.4 is 25.8 Å². The molecule has 0 bridgehead atoms. The molecule has 0 spiro atoms. The van der Waals surface area contributed by atoms with Crippen molar-refractivity contribution in [3.05, 3.63) is 54.1 Å². The molecule has 0 fully saturated rings. The summed E-state index contributed by atoms with van der Waals surface area (Å²) in [5, 5.41) is 7.30. The zero-order valence-corrected chi connectivity index (χ0v) is 16.0. The van der Waals surface area contributed by atoms with Crippen molar-refractivity contribution >= 4 is 22.5 Å². The first-order valence-electron chi connectivity index (χ1n) is 8.78. The number of ether oxygens (including phenoxy) is 2. The third-order valence-corrected chi connectivity index (χ3v) is 4.45. The lowest BCUT2D eigenvalue weighted by Gasteiger charge is -2.17. The summed E-state index contributed by atoms with van der Waals surface area (Å²) in [5.41, 5.74) is 7.97. The number of hydrogen-bond donors (Lipinski definition) is 3. The van der Waals surface area contributed by atoms with Crippen molar-refractivity contribution < 1.29 is 14.3 Å². The van der Waals surface area contributed by atoms with Gasteiger partial charge in [0, 0.05) is 29.7 Å². The minimum Gasteiger partial charge on any atom is -0.493 e. The molecular formula is C20H23N5O3. The van der Waals surface area contributed by atoms with Crippen molar-refractivity contribution in [2.75, 3.05) is 19.5 Å². The number of methoxy groups -OCH3 is 2. The molecule has 2 amide bonds. The number of carbonyl (C=O) groups is 1. The summed E-state index contributed by atoms with van der Waals surface area (Å²) in [6.07, 6.45) is 4.99. The van der Waals surface area contributed by atoms with Gasteiger partial charge in [0.1, 0.15) is 0 Å². The number of fused-ring (bicyclic) bond motifs is 1. The molecular weight excluding hydrogens is 358 g/mol. The lowest BCUT2D eigenvalue weighted by atomic mass is 10.1. The number of rotatable bonds is 6. The number of anilines is 1. The second-order valence-electron chi connectivity index (χ2n) is 6.18. The fourth-order valence-electron chi connectivity index (χ4n) is 2.95. The molecule has 2 aromatic heterocycles. The van der Waals surface area contributed by atoms with Gasteiger partial charge in [0.2, 0.25) is 0 Å². The van der Waals surface area contributed by atoms with Crippen LogP contribution in [0.15, 0.2) is 42.9 Å². The van der Waals surface area contributed by atoms with E-state index < -0.39 is 0 Å². The van der Waals surface area contributed by atoms with Gasteiger partial charge in [-0.3, -0.25) is 9.97 Å². The van der Waals surface area contributed by atoms with Crippen molar-refractivity contribution in [1.29, 1.82) is 0 Å². The number of pyridine rings is 2. The zero-order chi connectivity index (χ0) is 20.1. The van der Waals surface area contributed by atoms with Crippen molar-refractivity contribution in [3.8, 4) is 11.5 Å². The van der Waals surface area contributed by atoms with Gasteiger partial charge >= 0.3 is 6.03 Å². The molecule has 2 heterocycles. The molecule has 28 heavy (non-hydrogen) atoms. The van der Waals surface area contributed by atoms with Crippen LogP contribution in [0.25, 0.3) is 10.8 Å². The van der Waals surface area contributed by atoms with Gasteiger partial charge in [0.15, 0.2) is 11.5 Å². The first-order valence-corrected chi connectivity index (χ1v) is 8.78. The highest BCUT2D eigenvalue weighted by Crippen LogP contribution is 2.36. The molecule has 0 saturated heterocycles. The highest BCUT2D eigenvalue weighted by atomic mass is 16.5. The monoisotopic (exact) mass is 381 g/mol. The summed E-state index contributed by atoms with van der Waals surface area (Å²) in [5.74, 6) is 1.12. The SMILES string of the molecule is COc1cc2c(NC(=O)NC(C)c3cccnc3)cnc(CN)c2cc1OC. The van der Waals surface area contributed by atoms with Crippen LogP contribution in [0.2, 0.25) is 0 Å². The van der Waals surface area contributed by atoms with E-state index in [0.29, 0.717) is 22.9 Å². The lowest BCUT2D eigenvalue weighted by Crippen LogP contribution is -2.31. The van der Waals surface area contributed by atoms with Crippen LogP contribution in [0.3, 0.4) is 0 Å². The van der Waals surface area contributed by atoms with Crippen LogP contribution in [0.5, 0.6) is 11.5 Å². The van der Waals surface area contributed by atoms with Gasteiger partial charge < -0.3 is 25.8 Å². The predicted octanol–water partition coefficient (Wildman–Crippen LogP) is 2.99. The Kier molecular flexibility index (Phi) is 5.90. The molecule has 1 unspecified atom stereocenters. The smallest absolute Gasteiger partial charge is 0.319 e. The molecule has 4 N–H and O–H groups in total. The van der Waals surface area contributed by atoms with E-state index in [1.54, 1.807) is 38.9 Å². The van der Waals surface area contributed by atoms with Gasteiger partial charge in [0.05, 0.1) is 37.8 Å². The molecule has 0 radical (unpaired) electrons. The topological polar surface area (TPSA) is 111 Å². The highest BCUT2D eigenvalue weighted by molar-refractivity contribution is 6.03. The van der Waals surface area contributed by atoms with Gasteiger partial charge in [-0.1, -0.05) is 6.07 Å². The van der Waals surface area contributed by atoms with Crippen molar-refractivity contribution in [2.45, 2.75) is 19.5 Å². The van der Waals surface area contributed by atoms with Crippen molar-refractivity contribution in [2.24, 2.45) is 5.73 Å². The molecule has 0 aliphatic rings. The van der Waals surface area contributed by atoms with Crippen LogP contribution in [0.4, 0.5) is 10.5 Å². The van der Waals surface area contributed by atoms with Crippen LogP contribution in [-0.4, -0.2) is 30.2 Å². The second kappa shape index (κ2) is 8.53. The van der Waals surface area contributed by atoms with E-state index in [4.69, 9.17) is 15.2 Å². The first kappa shape index (κ1) is 19.4. The average Bonchev–Trinajstić information content (AvgIpc) is 2.73. The Bertz CT molecular complexity index is 978. The normalized spacial score (nSPS) is 11.7. The molecule has 8 nitrogen and oxygen atoms in total. The summed E-state index contributed by atoms with van der Waals surface area (Å²) in [7, 11) is 3.12. The summed E-state index contributed by atoms with van der Waals surface area (Å²) in [6.45, 7) is 2.15. The van der Waals surface area contributed by atoms with Crippen LogP contribution in [0, 0.1) is 0 Å². The van der Waals surface area contributed by atoms with Crippen molar-refractivity contribution in [1.82, 2.24) is 15.3 Å². The molecule has 1 aromatic carbocycles. The minimum atomic E-state index is -0.352. The number of nitrogens with zero attached hydrogens (tertiary/aromatic N) is 2. The zero-order valence-electron chi connectivity index (χ0n) is 16.0. The molecule has 3 rings (SSSR count). The van der Waals surface area contributed by atoms with Crippen LogP contribution in [-0.2, 0) is 6.54 Å². The van der Waals surface area contributed by atoms with Crippen LogP contribution >= 0.6 is 0 Å². The molecule has 1 atom stereocenters. The van der Waals surface area contributed by atoms with E-state index in [0.717, 1.165) is 16.3 Å². The first-order chi connectivity index (χ1) is 13.6. The maximum atomic E-state index is 12.5. The average molecular weight is 381 g/mol. The number of nitrogens with two attached hydrogens (primary N) is 1. The molecule has 146 valence electrons. The highest BCUT2D eigenvalue weighted by Gasteiger charge is 2.15. The van der Waals surface area contributed by atoms with Gasteiger partial charge in [0.25, 0.3) is 0 Å². The Balaban J connectivity index is 1.91. The van der Waals surface area contributed by atoms with Crippen molar-refractivity contribution in [3.63, 3.8) is 0 Å². The van der Waals surface area contributed by atoms with Crippen LogP contribution in [0.1, 0.15) is 24.2 Å².